The van der Waals surface area contributed by atoms with Crippen LogP contribution in [0.25, 0.3) is 0 Å². The zero-order chi connectivity index (χ0) is 52.9. The molecule has 0 aliphatic carbocycles. The second-order valence-electron chi connectivity index (χ2n) is 23.5. The number of carbonyl (C=O) groups is 2. The maximum absolute atomic E-state index is 12.4. The van der Waals surface area contributed by atoms with Gasteiger partial charge in [0.1, 0.15) is 0 Å². The van der Waals surface area contributed by atoms with Gasteiger partial charge < -0.3 is 20.3 Å². The fraction of sp³-hybridized carbons (Fsp3) is 0.970. The highest BCUT2D eigenvalue weighted by Crippen LogP contribution is 2.19. The van der Waals surface area contributed by atoms with Crippen molar-refractivity contribution in [3.8, 4) is 0 Å². The molecule has 0 aromatic rings. The van der Waals surface area contributed by atoms with Crippen LogP contribution in [0.2, 0.25) is 0 Å². The second kappa shape index (κ2) is 63.4. The van der Waals surface area contributed by atoms with Crippen molar-refractivity contribution in [1.82, 2.24) is 5.32 Å². The van der Waals surface area contributed by atoms with Crippen LogP contribution in [0, 0.1) is 0 Å². The molecule has 73 heavy (non-hydrogen) atoms. The van der Waals surface area contributed by atoms with Gasteiger partial charge in [0.2, 0.25) is 5.91 Å². The van der Waals surface area contributed by atoms with Crippen LogP contribution in [0.15, 0.2) is 0 Å². The van der Waals surface area contributed by atoms with Gasteiger partial charge in [-0.3, -0.25) is 9.59 Å². The van der Waals surface area contributed by atoms with E-state index in [2.05, 4.69) is 19.2 Å². The summed E-state index contributed by atoms with van der Waals surface area (Å²) in [5, 5.41) is 23.2. The number of hydrogen-bond donors (Lipinski definition) is 3. The Labute approximate surface area is 457 Å². The van der Waals surface area contributed by atoms with Crippen LogP contribution in [-0.4, -0.2) is 47.4 Å². The summed E-state index contributed by atoms with van der Waals surface area (Å²) in [4.78, 5) is 24.5. The highest BCUT2D eigenvalue weighted by molar-refractivity contribution is 5.76. The van der Waals surface area contributed by atoms with Gasteiger partial charge >= 0.3 is 5.97 Å². The molecule has 0 saturated heterocycles. The van der Waals surface area contributed by atoms with Gasteiger partial charge in [0.25, 0.3) is 0 Å². The van der Waals surface area contributed by atoms with E-state index in [-0.39, 0.29) is 18.5 Å². The topological polar surface area (TPSA) is 95.9 Å². The average Bonchev–Trinajstić information content (AvgIpc) is 3.39. The molecule has 0 rings (SSSR count). The molecule has 0 fully saturated rings. The van der Waals surface area contributed by atoms with Crippen molar-refractivity contribution in [2.45, 2.75) is 405 Å². The van der Waals surface area contributed by atoms with Crippen molar-refractivity contribution < 1.29 is 24.5 Å². The maximum atomic E-state index is 12.4. The second-order valence-corrected chi connectivity index (χ2v) is 23.5. The molecule has 1 amide bonds. The van der Waals surface area contributed by atoms with Gasteiger partial charge in [-0.15, -0.1) is 0 Å². The molecule has 2 atom stereocenters. The Morgan fingerprint density at radius 2 is 0.562 bits per heavy atom. The van der Waals surface area contributed by atoms with Crippen LogP contribution in [0.4, 0.5) is 0 Å². The number of carbonyl (C=O) groups excluding carboxylic acids is 2. The van der Waals surface area contributed by atoms with E-state index in [1.165, 1.54) is 321 Å². The number of esters is 1. The summed E-state index contributed by atoms with van der Waals surface area (Å²) < 4.78 is 5.49. The molecule has 0 heterocycles. The smallest absolute Gasteiger partial charge is 0.305 e. The van der Waals surface area contributed by atoms with Crippen LogP contribution < -0.4 is 5.32 Å². The highest BCUT2D eigenvalue weighted by Gasteiger charge is 2.20. The molecule has 0 bridgehead atoms. The fourth-order valence-electron chi connectivity index (χ4n) is 11.0. The van der Waals surface area contributed by atoms with Gasteiger partial charge in [-0.1, -0.05) is 354 Å². The van der Waals surface area contributed by atoms with Crippen LogP contribution in [0.1, 0.15) is 393 Å². The Bertz CT molecular complexity index is 1050. The lowest BCUT2D eigenvalue weighted by Gasteiger charge is -2.22. The minimum Gasteiger partial charge on any atom is -0.466 e. The third-order valence-corrected chi connectivity index (χ3v) is 16.2. The summed E-state index contributed by atoms with van der Waals surface area (Å²) in [5.41, 5.74) is 0. The number of hydrogen-bond acceptors (Lipinski definition) is 5. The molecule has 2 unspecified atom stereocenters. The first-order valence-corrected chi connectivity index (χ1v) is 33.8. The molecule has 0 aromatic carbocycles. The van der Waals surface area contributed by atoms with E-state index < -0.39 is 12.1 Å². The van der Waals surface area contributed by atoms with Gasteiger partial charge in [-0.25, -0.2) is 0 Å². The Morgan fingerprint density at radius 3 is 0.836 bits per heavy atom. The van der Waals surface area contributed by atoms with Gasteiger partial charge in [-0.05, 0) is 25.7 Å². The highest BCUT2D eigenvalue weighted by atomic mass is 16.5. The average molecular weight is 1030 g/mol. The Kier molecular flexibility index (Phi) is 62.4. The van der Waals surface area contributed by atoms with E-state index in [0.717, 1.165) is 38.5 Å². The SMILES string of the molecule is CCCCCCCCCCCCCCCC(=O)OCCCCCCCCCCCCCCCCCCCCCCCCCCCCCCCCCCCC(=O)NC(CO)C(O)CCCCCCCCCCCC. The first kappa shape index (κ1) is 71.9. The van der Waals surface area contributed by atoms with E-state index in [0.29, 0.717) is 25.9 Å². The number of ether oxygens (including phenoxy) is 1. The molecule has 0 aromatic heterocycles. The minimum atomic E-state index is -0.657. The van der Waals surface area contributed by atoms with Crippen LogP contribution in [0.5, 0.6) is 0 Å². The number of aliphatic hydroxyl groups excluding tert-OH is 2. The molecule has 0 aliphatic heterocycles. The zero-order valence-electron chi connectivity index (χ0n) is 49.9. The number of unbranched alkanes of at least 4 members (excludes halogenated alkanes) is 53. The Hall–Kier alpha value is -1.14. The van der Waals surface area contributed by atoms with Crippen molar-refractivity contribution >= 4 is 11.9 Å². The molecule has 6 nitrogen and oxygen atoms in total. The molecule has 0 radical (unpaired) electrons. The molecule has 6 heteroatoms. The Balaban J connectivity index is 3.27. The Morgan fingerprint density at radius 1 is 0.329 bits per heavy atom. The molecule has 0 spiro atoms. The molecule has 0 saturated carbocycles. The van der Waals surface area contributed by atoms with Crippen molar-refractivity contribution in [1.29, 1.82) is 0 Å². The molecule has 0 aliphatic rings. The largest absolute Gasteiger partial charge is 0.466 e. The molecule has 3 N–H and O–H groups in total. The number of nitrogens with one attached hydrogen (secondary N) is 1. The van der Waals surface area contributed by atoms with Gasteiger partial charge in [0, 0.05) is 12.8 Å². The standard InChI is InChI=1S/C67H133NO5/c1-3-5-7-9-11-13-15-37-41-45-49-53-57-61-67(72)73-62-58-54-50-46-42-39-36-34-32-30-28-26-24-22-20-18-16-17-19-21-23-25-27-29-31-33-35-38-40-44-48-52-56-60-66(71)68-64(63-69)65(70)59-55-51-47-43-14-12-10-8-6-4-2/h64-65,69-70H,3-63H2,1-2H3,(H,68,71). The quantitative estimate of drug-likeness (QED) is 0.0417. The third kappa shape index (κ3) is 60.0. The molecular formula is C67H133NO5. The normalized spacial score (nSPS) is 12.4. The minimum absolute atomic E-state index is 0.0241. The first-order valence-electron chi connectivity index (χ1n) is 33.8. The predicted molar refractivity (Wildman–Crippen MR) is 320 cm³/mol. The number of aliphatic hydroxyl groups is 2. The van der Waals surface area contributed by atoms with E-state index in [4.69, 9.17) is 4.74 Å². The maximum Gasteiger partial charge on any atom is 0.305 e. The van der Waals surface area contributed by atoms with Crippen LogP contribution >= 0.6 is 0 Å². The van der Waals surface area contributed by atoms with Crippen molar-refractivity contribution in [3.63, 3.8) is 0 Å². The summed E-state index contributed by atoms with van der Waals surface area (Å²) in [6.07, 6.45) is 75.9. The first-order chi connectivity index (χ1) is 36.0. The van der Waals surface area contributed by atoms with Crippen molar-refractivity contribution in [2.24, 2.45) is 0 Å². The molecular weight excluding hydrogens is 899 g/mol. The third-order valence-electron chi connectivity index (χ3n) is 16.2. The fourth-order valence-corrected chi connectivity index (χ4v) is 11.0. The summed E-state index contributed by atoms with van der Waals surface area (Å²) in [5.74, 6) is -0.00535. The van der Waals surface area contributed by atoms with Crippen LogP contribution in [0.3, 0.4) is 0 Å². The lowest BCUT2D eigenvalue weighted by Crippen LogP contribution is -2.45. The lowest BCUT2D eigenvalue weighted by atomic mass is 10.0. The lowest BCUT2D eigenvalue weighted by molar-refractivity contribution is -0.143. The number of rotatable bonds is 64. The van der Waals surface area contributed by atoms with Gasteiger partial charge in [0.05, 0.1) is 25.4 Å². The summed E-state index contributed by atoms with van der Waals surface area (Å²) in [7, 11) is 0. The van der Waals surface area contributed by atoms with Gasteiger partial charge in [-0.2, -0.15) is 0 Å². The van der Waals surface area contributed by atoms with Crippen LogP contribution in [-0.2, 0) is 14.3 Å². The van der Waals surface area contributed by atoms with E-state index in [1.807, 2.05) is 0 Å². The van der Waals surface area contributed by atoms with Crippen molar-refractivity contribution in [2.75, 3.05) is 13.2 Å². The summed E-state index contributed by atoms with van der Waals surface area (Å²) in [6.45, 7) is 4.98. The van der Waals surface area contributed by atoms with E-state index >= 15 is 0 Å². The predicted octanol–water partition coefficient (Wildman–Crippen LogP) is 21.4. The monoisotopic (exact) mass is 1030 g/mol. The summed E-state index contributed by atoms with van der Waals surface area (Å²) in [6, 6.07) is -0.534. The molecule has 436 valence electrons. The van der Waals surface area contributed by atoms with Gasteiger partial charge in [0.15, 0.2) is 0 Å². The zero-order valence-corrected chi connectivity index (χ0v) is 49.9. The number of amides is 1. The van der Waals surface area contributed by atoms with E-state index in [9.17, 15) is 19.8 Å². The van der Waals surface area contributed by atoms with Crippen molar-refractivity contribution in [3.05, 3.63) is 0 Å². The van der Waals surface area contributed by atoms with E-state index in [1.54, 1.807) is 0 Å². The summed E-state index contributed by atoms with van der Waals surface area (Å²) >= 11 is 0.